The summed E-state index contributed by atoms with van der Waals surface area (Å²) in [6, 6.07) is 3.46. The Hall–Kier alpha value is -2.08. The summed E-state index contributed by atoms with van der Waals surface area (Å²) in [5.74, 6) is 0.217. The number of fused-ring (bicyclic) bond motifs is 1. The molecule has 2 aliphatic rings. The maximum absolute atomic E-state index is 14.1. The van der Waals surface area contributed by atoms with E-state index in [4.69, 9.17) is 4.74 Å². The van der Waals surface area contributed by atoms with Crippen molar-refractivity contribution in [2.45, 2.75) is 58.2 Å². The van der Waals surface area contributed by atoms with Gasteiger partial charge in [-0.1, -0.05) is 12.6 Å². The van der Waals surface area contributed by atoms with Crippen LogP contribution in [-0.4, -0.2) is 41.7 Å². The van der Waals surface area contributed by atoms with Crippen molar-refractivity contribution in [3.63, 3.8) is 0 Å². The molecule has 0 radical (unpaired) electrons. The molecule has 1 aliphatic heterocycles. The SMILES string of the molecule is C=C(OC)[C@H](C)NC(C)C1CCC(CN2Cc3ccc(O)c(F)c3C2=O)CC1. The molecule has 0 saturated heterocycles. The molecule has 2 atom stereocenters. The van der Waals surface area contributed by atoms with Crippen molar-refractivity contribution < 1.29 is 19.0 Å². The van der Waals surface area contributed by atoms with Crippen LogP contribution in [0.2, 0.25) is 0 Å². The normalized spacial score (nSPS) is 24.0. The number of amides is 1. The first kappa shape index (κ1) is 20.6. The van der Waals surface area contributed by atoms with Gasteiger partial charge in [-0.15, -0.1) is 0 Å². The molecule has 1 fully saturated rings. The molecule has 28 heavy (non-hydrogen) atoms. The lowest BCUT2D eigenvalue weighted by molar-refractivity contribution is 0.0720. The first-order valence-corrected chi connectivity index (χ1v) is 10.1. The fraction of sp³-hybridized carbons (Fsp3) is 0.591. The van der Waals surface area contributed by atoms with E-state index in [1.165, 1.54) is 6.07 Å². The molecule has 5 nitrogen and oxygen atoms in total. The van der Waals surface area contributed by atoms with Crippen molar-refractivity contribution in [3.05, 3.63) is 41.4 Å². The number of rotatable bonds is 7. The Morgan fingerprint density at radius 1 is 1.36 bits per heavy atom. The van der Waals surface area contributed by atoms with E-state index in [1.54, 1.807) is 18.1 Å². The zero-order valence-electron chi connectivity index (χ0n) is 17.0. The minimum Gasteiger partial charge on any atom is -0.505 e. The molecule has 0 aromatic heterocycles. The number of nitrogens with one attached hydrogen (secondary N) is 1. The number of phenolic OH excluding ortho intramolecular Hbond substituents is 1. The van der Waals surface area contributed by atoms with Crippen LogP contribution in [0.3, 0.4) is 0 Å². The number of benzene rings is 1. The van der Waals surface area contributed by atoms with E-state index >= 15 is 0 Å². The summed E-state index contributed by atoms with van der Waals surface area (Å²) in [4.78, 5) is 14.3. The Kier molecular flexibility index (Phi) is 6.28. The van der Waals surface area contributed by atoms with Gasteiger partial charge >= 0.3 is 0 Å². The van der Waals surface area contributed by atoms with Crippen LogP contribution in [0.4, 0.5) is 4.39 Å². The molecule has 1 aliphatic carbocycles. The highest BCUT2D eigenvalue weighted by molar-refractivity contribution is 5.99. The summed E-state index contributed by atoms with van der Waals surface area (Å²) in [6.07, 6.45) is 4.33. The number of halogens is 1. The quantitative estimate of drug-likeness (QED) is 0.695. The molecular weight excluding hydrogens is 359 g/mol. The van der Waals surface area contributed by atoms with Crippen LogP contribution in [0.5, 0.6) is 5.75 Å². The number of methoxy groups -OCH3 is 1. The summed E-state index contributed by atoms with van der Waals surface area (Å²) in [5.41, 5.74) is 0.707. The molecule has 1 aromatic carbocycles. The van der Waals surface area contributed by atoms with Crippen molar-refractivity contribution in [3.8, 4) is 5.75 Å². The fourth-order valence-electron chi connectivity index (χ4n) is 4.53. The van der Waals surface area contributed by atoms with Crippen molar-refractivity contribution >= 4 is 5.91 Å². The molecule has 1 saturated carbocycles. The van der Waals surface area contributed by atoms with E-state index in [1.807, 2.05) is 0 Å². The second-order valence-corrected chi connectivity index (χ2v) is 8.25. The van der Waals surface area contributed by atoms with Crippen molar-refractivity contribution in [1.29, 1.82) is 0 Å². The van der Waals surface area contributed by atoms with E-state index < -0.39 is 11.6 Å². The average Bonchev–Trinajstić information content (AvgIpc) is 3.00. The van der Waals surface area contributed by atoms with Gasteiger partial charge in [0.2, 0.25) is 0 Å². The van der Waals surface area contributed by atoms with Crippen LogP contribution in [0.1, 0.15) is 55.5 Å². The summed E-state index contributed by atoms with van der Waals surface area (Å²) >= 11 is 0. The Morgan fingerprint density at radius 2 is 2.04 bits per heavy atom. The highest BCUT2D eigenvalue weighted by Crippen LogP contribution is 2.35. The maximum atomic E-state index is 14.1. The maximum Gasteiger partial charge on any atom is 0.257 e. The van der Waals surface area contributed by atoms with Gasteiger partial charge in [-0.3, -0.25) is 4.79 Å². The van der Waals surface area contributed by atoms with Gasteiger partial charge in [0.05, 0.1) is 18.7 Å². The Morgan fingerprint density at radius 3 is 2.68 bits per heavy atom. The highest BCUT2D eigenvalue weighted by atomic mass is 19.1. The van der Waals surface area contributed by atoms with Gasteiger partial charge in [-0.25, -0.2) is 4.39 Å². The molecule has 0 spiro atoms. The fourth-order valence-corrected chi connectivity index (χ4v) is 4.53. The van der Waals surface area contributed by atoms with Gasteiger partial charge in [0, 0.05) is 19.1 Å². The minimum absolute atomic E-state index is 0.0406. The molecule has 2 N–H and O–H groups in total. The van der Waals surface area contributed by atoms with Gasteiger partial charge in [0.15, 0.2) is 11.6 Å². The summed E-state index contributed by atoms with van der Waals surface area (Å²) < 4.78 is 19.3. The van der Waals surface area contributed by atoms with Crippen LogP contribution in [0.25, 0.3) is 0 Å². The number of nitrogens with zero attached hydrogens (tertiary/aromatic N) is 1. The van der Waals surface area contributed by atoms with Crippen LogP contribution < -0.4 is 5.32 Å². The lowest BCUT2D eigenvalue weighted by Crippen LogP contribution is -2.42. The number of hydrogen-bond donors (Lipinski definition) is 2. The van der Waals surface area contributed by atoms with Crippen LogP contribution in [0, 0.1) is 17.7 Å². The van der Waals surface area contributed by atoms with Crippen molar-refractivity contribution in [2.75, 3.05) is 13.7 Å². The highest BCUT2D eigenvalue weighted by Gasteiger charge is 2.34. The van der Waals surface area contributed by atoms with E-state index in [9.17, 15) is 14.3 Å². The predicted octanol–water partition coefficient (Wildman–Crippen LogP) is 3.82. The van der Waals surface area contributed by atoms with E-state index in [2.05, 4.69) is 25.7 Å². The van der Waals surface area contributed by atoms with E-state index in [0.717, 1.165) is 31.4 Å². The van der Waals surface area contributed by atoms with Gasteiger partial charge in [-0.05, 0) is 63.0 Å². The molecule has 1 aromatic rings. The lowest BCUT2D eigenvalue weighted by Gasteiger charge is -2.35. The van der Waals surface area contributed by atoms with Crippen molar-refractivity contribution in [1.82, 2.24) is 10.2 Å². The van der Waals surface area contributed by atoms with Gasteiger partial charge in [-0.2, -0.15) is 0 Å². The second-order valence-electron chi connectivity index (χ2n) is 8.25. The van der Waals surface area contributed by atoms with Gasteiger partial charge in [0.25, 0.3) is 5.91 Å². The topological polar surface area (TPSA) is 61.8 Å². The van der Waals surface area contributed by atoms with Crippen LogP contribution in [-0.2, 0) is 11.3 Å². The zero-order chi connectivity index (χ0) is 20.4. The second kappa shape index (κ2) is 8.52. The molecular formula is C22H31FN2O3. The largest absolute Gasteiger partial charge is 0.505 e. The van der Waals surface area contributed by atoms with Crippen LogP contribution in [0.15, 0.2) is 24.5 Å². The number of carbonyl (C=O) groups excluding carboxylic acids is 1. The number of phenols is 1. The first-order valence-electron chi connectivity index (χ1n) is 10.1. The third-order valence-electron chi connectivity index (χ3n) is 6.41. The van der Waals surface area contributed by atoms with Gasteiger partial charge < -0.3 is 20.1 Å². The zero-order valence-corrected chi connectivity index (χ0v) is 17.0. The Balaban J connectivity index is 1.51. The molecule has 154 valence electrons. The molecule has 0 bridgehead atoms. The predicted molar refractivity (Wildman–Crippen MR) is 106 cm³/mol. The van der Waals surface area contributed by atoms with E-state index in [-0.39, 0.29) is 17.5 Å². The molecule has 1 heterocycles. The number of carbonyl (C=O) groups is 1. The van der Waals surface area contributed by atoms with E-state index in [0.29, 0.717) is 36.5 Å². The smallest absolute Gasteiger partial charge is 0.257 e. The summed E-state index contributed by atoms with van der Waals surface area (Å²) in [7, 11) is 1.64. The Bertz CT molecular complexity index is 744. The van der Waals surface area contributed by atoms with Crippen molar-refractivity contribution in [2.24, 2.45) is 11.8 Å². The third-order valence-corrected chi connectivity index (χ3v) is 6.41. The third kappa shape index (κ3) is 4.17. The summed E-state index contributed by atoms with van der Waals surface area (Å²) in [6.45, 7) is 9.26. The standard InChI is InChI=1S/C22H31FN2O3/c1-13(15(3)28-4)24-14(2)17-7-5-16(6-8-17)11-25-12-18-9-10-19(26)21(23)20(18)22(25)27/h9-10,13-14,16-17,24,26H,3,5-8,11-12H2,1-2,4H3/t13-,14?,16?,17?/m0/s1. The number of hydrogen-bond acceptors (Lipinski definition) is 4. The first-order chi connectivity index (χ1) is 13.3. The molecule has 6 heteroatoms. The lowest BCUT2D eigenvalue weighted by atomic mass is 9.78. The monoisotopic (exact) mass is 390 g/mol. The molecule has 1 amide bonds. The molecule has 3 rings (SSSR count). The van der Waals surface area contributed by atoms with Crippen LogP contribution >= 0.6 is 0 Å². The Labute approximate surface area is 166 Å². The number of aromatic hydroxyl groups is 1. The minimum atomic E-state index is -0.791. The van der Waals surface area contributed by atoms with Gasteiger partial charge in [0.1, 0.15) is 5.76 Å². The average molecular weight is 390 g/mol. The molecule has 1 unspecified atom stereocenters. The summed E-state index contributed by atoms with van der Waals surface area (Å²) in [5, 5.41) is 13.1. The number of ether oxygens (including phenoxy) is 1.